The first-order valence-electron chi connectivity index (χ1n) is 5.13. The van der Waals surface area contributed by atoms with Gasteiger partial charge in [0, 0.05) is 0 Å². The molecule has 0 spiro atoms. The second-order valence-corrected chi connectivity index (χ2v) is 4.96. The van der Waals surface area contributed by atoms with Crippen molar-refractivity contribution in [3.8, 4) is 0 Å². The summed E-state index contributed by atoms with van der Waals surface area (Å²) in [6, 6.07) is -0.808. The largest absolute Gasteiger partial charge is 0.442 e. The molecule has 16 heavy (non-hydrogen) atoms. The van der Waals surface area contributed by atoms with Crippen molar-refractivity contribution in [3.05, 3.63) is 0 Å². The molecule has 2 amide bonds. The van der Waals surface area contributed by atoms with Crippen LogP contribution in [0, 0.1) is 5.92 Å². The molecule has 0 rings (SSSR count). The van der Waals surface area contributed by atoms with Crippen LogP contribution in [0.15, 0.2) is 0 Å². The van der Waals surface area contributed by atoms with Gasteiger partial charge in [-0.2, -0.15) is 5.01 Å². The van der Waals surface area contributed by atoms with Crippen LogP contribution < -0.4 is 11.6 Å². The van der Waals surface area contributed by atoms with Gasteiger partial charge in [0.1, 0.15) is 5.60 Å². The number of rotatable bonds is 2. The molecule has 0 aliphatic rings. The van der Waals surface area contributed by atoms with Gasteiger partial charge < -0.3 is 10.5 Å². The van der Waals surface area contributed by atoms with Crippen molar-refractivity contribution in [3.63, 3.8) is 0 Å². The highest BCUT2D eigenvalue weighted by Gasteiger charge is 2.29. The molecule has 0 bridgehead atoms. The molecule has 0 aromatic heterocycles. The van der Waals surface area contributed by atoms with Crippen molar-refractivity contribution < 1.29 is 14.3 Å². The van der Waals surface area contributed by atoms with Crippen LogP contribution >= 0.6 is 0 Å². The van der Waals surface area contributed by atoms with Gasteiger partial charge in [0.2, 0.25) is 0 Å². The second kappa shape index (κ2) is 5.27. The molecule has 6 nitrogen and oxygen atoms in total. The maximum atomic E-state index is 11.6. The second-order valence-electron chi connectivity index (χ2n) is 4.96. The van der Waals surface area contributed by atoms with Crippen LogP contribution in [-0.4, -0.2) is 28.7 Å². The molecular weight excluding hydrogens is 210 g/mol. The summed E-state index contributed by atoms with van der Waals surface area (Å²) >= 11 is 0. The van der Waals surface area contributed by atoms with Crippen molar-refractivity contribution in [1.29, 1.82) is 0 Å². The van der Waals surface area contributed by atoms with E-state index in [9.17, 15) is 9.59 Å². The minimum absolute atomic E-state index is 0.0963. The maximum Gasteiger partial charge on any atom is 0.431 e. The molecule has 1 unspecified atom stereocenters. The van der Waals surface area contributed by atoms with E-state index in [1.54, 1.807) is 34.6 Å². The number of carbonyl (C=O) groups is 2. The Balaban J connectivity index is 4.51. The van der Waals surface area contributed by atoms with Gasteiger partial charge in [0.05, 0.1) is 6.04 Å². The van der Waals surface area contributed by atoms with Gasteiger partial charge in [-0.15, -0.1) is 0 Å². The normalized spacial score (nSPS) is 13.5. The van der Waals surface area contributed by atoms with E-state index >= 15 is 0 Å². The van der Waals surface area contributed by atoms with Gasteiger partial charge in [-0.1, -0.05) is 13.8 Å². The number of hydrogen-bond acceptors (Lipinski definition) is 5. The lowest BCUT2D eigenvalue weighted by atomic mass is 10.1. The number of nitrogens with two attached hydrogens (primary N) is 2. The smallest absolute Gasteiger partial charge is 0.431 e. The molecule has 6 heteroatoms. The van der Waals surface area contributed by atoms with E-state index in [1.165, 1.54) is 0 Å². The predicted molar refractivity (Wildman–Crippen MR) is 60.1 cm³/mol. The van der Waals surface area contributed by atoms with E-state index in [0.717, 1.165) is 0 Å². The fourth-order valence-electron chi connectivity index (χ4n) is 0.847. The van der Waals surface area contributed by atoms with Crippen molar-refractivity contribution >= 4 is 12.0 Å². The molecule has 0 aromatic carbocycles. The Morgan fingerprint density at radius 1 is 1.25 bits per heavy atom. The number of carbonyl (C=O) groups excluding carboxylic acids is 2. The van der Waals surface area contributed by atoms with Crippen molar-refractivity contribution in [2.24, 2.45) is 17.5 Å². The third kappa shape index (κ3) is 4.59. The summed E-state index contributed by atoms with van der Waals surface area (Å²) in [5.41, 5.74) is 4.89. The minimum atomic E-state index is -0.895. The molecule has 1 atom stereocenters. The summed E-state index contributed by atoms with van der Waals surface area (Å²) in [7, 11) is 0. The quantitative estimate of drug-likeness (QED) is 0.412. The summed E-state index contributed by atoms with van der Waals surface area (Å²) in [4.78, 5) is 23.0. The Kier molecular flexibility index (Phi) is 4.89. The highest BCUT2D eigenvalue weighted by Crippen LogP contribution is 2.09. The number of ether oxygens (including phenoxy) is 1. The average molecular weight is 231 g/mol. The molecule has 0 aromatic rings. The van der Waals surface area contributed by atoms with Crippen LogP contribution in [0.5, 0.6) is 0 Å². The van der Waals surface area contributed by atoms with Gasteiger partial charge >= 0.3 is 6.09 Å². The summed E-state index contributed by atoms with van der Waals surface area (Å²) in [5.74, 6) is 4.59. The number of imide groups is 1. The lowest BCUT2D eigenvalue weighted by molar-refractivity contribution is -0.132. The van der Waals surface area contributed by atoms with Crippen LogP contribution in [-0.2, 0) is 9.53 Å². The third-order valence-corrected chi connectivity index (χ3v) is 1.83. The van der Waals surface area contributed by atoms with E-state index in [2.05, 4.69) is 0 Å². The first-order chi connectivity index (χ1) is 7.06. The van der Waals surface area contributed by atoms with Crippen LogP contribution in [0.1, 0.15) is 34.6 Å². The summed E-state index contributed by atoms with van der Waals surface area (Å²) in [6.45, 7) is 8.60. The minimum Gasteiger partial charge on any atom is -0.442 e. The van der Waals surface area contributed by atoms with Gasteiger partial charge in [-0.05, 0) is 26.7 Å². The Morgan fingerprint density at radius 2 is 1.69 bits per heavy atom. The Morgan fingerprint density at radius 3 is 2.00 bits per heavy atom. The number of amides is 2. The first kappa shape index (κ1) is 14.9. The zero-order chi connectivity index (χ0) is 13.1. The molecule has 0 aliphatic carbocycles. The summed E-state index contributed by atoms with van der Waals surface area (Å²) < 4.78 is 4.94. The van der Waals surface area contributed by atoms with E-state index in [1.807, 2.05) is 0 Å². The van der Waals surface area contributed by atoms with Crippen LogP contribution in [0.4, 0.5) is 4.79 Å². The van der Waals surface area contributed by atoms with Crippen molar-refractivity contribution in [1.82, 2.24) is 5.01 Å². The molecular formula is C10H21N3O3. The van der Waals surface area contributed by atoms with E-state index in [4.69, 9.17) is 16.3 Å². The number of hydrazine groups is 1. The monoisotopic (exact) mass is 231 g/mol. The predicted octanol–water partition coefficient (Wildman–Crippen LogP) is 0.607. The highest BCUT2D eigenvalue weighted by atomic mass is 16.6. The van der Waals surface area contributed by atoms with E-state index in [-0.39, 0.29) is 5.92 Å². The number of nitrogens with zero attached hydrogens (tertiary/aromatic N) is 1. The van der Waals surface area contributed by atoms with Crippen LogP contribution in [0.2, 0.25) is 0 Å². The summed E-state index contributed by atoms with van der Waals surface area (Å²) in [6.07, 6.45) is -0.895. The maximum absolute atomic E-state index is 11.6. The fraction of sp³-hybridized carbons (Fsp3) is 0.800. The Bertz CT molecular complexity index is 271. The van der Waals surface area contributed by atoms with Crippen LogP contribution in [0.3, 0.4) is 0 Å². The molecule has 0 radical (unpaired) electrons. The molecule has 0 saturated carbocycles. The summed E-state index contributed by atoms with van der Waals surface area (Å²) in [5, 5.41) is 0.427. The fourth-order valence-corrected chi connectivity index (χ4v) is 0.847. The van der Waals surface area contributed by atoms with Gasteiger partial charge in [0.15, 0.2) is 0 Å². The Hall–Kier alpha value is -1.14. The zero-order valence-electron chi connectivity index (χ0n) is 10.5. The van der Waals surface area contributed by atoms with E-state index in [0.29, 0.717) is 5.01 Å². The zero-order valence-corrected chi connectivity index (χ0v) is 10.5. The van der Waals surface area contributed by atoms with Crippen molar-refractivity contribution in [2.75, 3.05) is 0 Å². The molecule has 0 heterocycles. The lowest BCUT2D eigenvalue weighted by Gasteiger charge is -2.25. The van der Waals surface area contributed by atoms with Gasteiger partial charge in [-0.25, -0.2) is 10.6 Å². The SMILES string of the molecule is CC(C)C(N)C(=O)N(N)C(=O)OC(C)(C)C. The molecule has 0 saturated heterocycles. The van der Waals surface area contributed by atoms with Gasteiger partial charge in [0.25, 0.3) is 5.91 Å². The molecule has 0 aliphatic heterocycles. The van der Waals surface area contributed by atoms with Crippen molar-refractivity contribution in [2.45, 2.75) is 46.3 Å². The Labute approximate surface area is 95.9 Å². The number of hydrogen-bond donors (Lipinski definition) is 2. The van der Waals surface area contributed by atoms with Crippen LogP contribution in [0.25, 0.3) is 0 Å². The first-order valence-corrected chi connectivity index (χ1v) is 5.13. The lowest BCUT2D eigenvalue weighted by Crippen LogP contribution is -2.53. The van der Waals surface area contributed by atoms with E-state index < -0.39 is 23.6 Å². The molecule has 94 valence electrons. The topological polar surface area (TPSA) is 98.7 Å². The molecule has 0 fully saturated rings. The third-order valence-electron chi connectivity index (χ3n) is 1.83. The van der Waals surface area contributed by atoms with Gasteiger partial charge in [-0.3, -0.25) is 4.79 Å². The molecule has 4 N–H and O–H groups in total. The average Bonchev–Trinajstić information content (AvgIpc) is 2.11. The highest BCUT2D eigenvalue weighted by molar-refractivity contribution is 5.94. The standard InChI is InChI=1S/C10H21N3O3/c1-6(2)7(11)8(14)13(12)9(15)16-10(3,4)5/h6-7H,11-12H2,1-5H3.